The van der Waals surface area contributed by atoms with Crippen LogP contribution in [0.15, 0.2) is 36.5 Å². The molecule has 0 saturated carbocycles. The van der Waals surface area contributed by atoms with Crippen molar-refractivity contribution in [3.63, 3.8) is 0 Å². The van der Waals surface area contributed by atoms with Gasteiger partial charge in [0.25, 0.3) is 0 Å². The topological polar surface area (TPSA) is 41.1 Å². The number of anilines is 2. The van der Waals surface area contributed by atoms with E-state index in [-0.39, 0.29) is 5.82 Å². The first-order chi connectivity index (χ1) is 10.3. The molecule has 0 bridgehead atoms. The van der Waals surface area contributed by atoms with Crippen LogP contribution in [0.5, 0.6) is 0 Å². The molecule has 1 saturated heterocycles. The van der Waals surface area contributed by atoms with Gasteiger partial charge < -0.3 is 10.2 Å². The average molecular weight is 286 g/mol. The maximum atomic E-state index is 12.8. The summed E-state index contributed by atoms with van der Waals surface area (Å²) < 4.78 is 12.8. The molecule has 21 heavy (non-hydrogen) atoms. The van der Waals surface area contributed by atoms with Crippen molar-refractivity contribution in [3.05, 3.63) is 47.9 Å². The molecule has 1 aromatic heterocycles. The lowest BCUT2D eigenvalue weighted by Gasteiger charge is -2.16. The first-order valence-corrected chi connectivity index (χ1v) is 7.37. The first kappa shape index (κ1) is 13.8. The van der Waals surface area contributed by atoms with E-state index >= 15 is 0 Å². The summed E-state index contributed by atoms with van der Waals surface area (Å²) in [6.07, 6.45) is 5.08. The van der Waals surface area contributed by atoms with Gasteiger partial charge in [0.1, 0.15) is 11.6 Å². The Labute approximate surface area is 124 Å². The zero-order valence-corrected chi connectivity index (χ0v) is 11.9. The van der Waals surface area contributed by atoms with Crippen LogP contribution in [-0.4, -0.2) is 29.6 Å². The molecule has 0 radical (unpaired) electrons. The number of benzene rings is 1. The summed E-state index contributed by atoms with van der Waals surface area (Å²) in [5.74, 6) is 1.45. The molecule has 2 heterocycles. The Balaban J connectivity index is 1.55. The predicted molar refractivity (Wildman–Crippen MR) is 82.1 cm³/mol. The number of hydrogen-bond acceptors (Lipinski definition) is 4. The summed E-state index contributed by atoms with van der Waals surface area (Å²) >= 11 is 0. The molecule has 2 aromatic rings. The van der Waals surface area contributed by atoms with Gasteiger partial charge in [0.05, 0.1) is 0 Å². The van der Waals surface area contributed by atoms with Gasteiger partial charge in [-0.2, -0.15) is 4.98 Å². The molecule has 4 nitrogen and oxygen atoms in total. The van der Waals surface area contributed by atoms with Crippen molar-refractivity contribution < 1.29 is 4.39 Å². The Hall–Kier alpha value is -2.17. The van der Waals surface area contributed by atoms with Gasteiger partial charge in [-0.15, -0.1) is 0 Å². The van der Waals surface area contributed by atoms with Crippen molar-refractivity contribution in [1.82, 2.24) is 9.97 Å². The van der Waals surface area contributed by atoms with Gasteiger partial charge in [0.2, 0.25) is 5.95 Å². The largest absolute Gasteiger partial charge is 0.356 e. The smallest absolute Gasteiger partial charge is 0.224 e. The van der Waals surface area contributed by atoms with Crippen LogP contribution in [-0.2, 0) is 6.42 Å². The second-order valence-electron chi connectivity index (χ2n) is 5.24. The zero-order valence-electron chi connectivity index (χ0n) is 11.9. The highest BCUT2D eigenvalue weighted by Gasteiger charge is 2.13. The van der Waals surface area contributed by atoms with E-state index < -0.39 is 0 Å². The summed E-state index contributed by atoms with van der Waals surface area (Å²) in [6, 6.07) is 8.53. The molecule has 1 aliphatic rings. The fourth-order valence-electron chi connectivity index (χ4n) is 2.53. The van der Waals surface area contributed by atoms with Crippen LogP contribution >= 0.6 is 0 Å². The second kappa shape index (κ2) is 6.52. The molecule has 1 aromatic carbocycles. The Morgan fingerprint density at radius 3 is 2.62 bits per heavy atom. The van der Waals surface area contributed by atoms with Crippen molar-refractivity contribution in [2.24, 2.45) is 0 Å². The minimum Gasteiger partial charge on any atom is -0.356 e. The maximum Gasteiger partial charge on any atom is 0.224 e. The minimum atomic E-state index is -0.201. The molecule has 0 atom stereocenters. The minimum absolute atomic E-state index is 0.201. The summed E-state index contributed by atoms with van der Waals surface area (Å²) in [5, 5.41) is 3.23. The molecular weight excluding hydrogens is 267 g/mol. The molecule has 1 fully saturated rings. The summed E-state index contributed by atoms with van der Waals surface area (Å²) in [5.41, 5.74) is 1.10. The molecule has 1 aliphatic heterocycles. The van der Waals surface area contributed by atoms with Crippen molar-refractivity contribution >= 4 is 11.8 Å². The molecule has 0 spiro atoms. The van der Waals surface area contributed by atoms with Crippen LogP contribution in [0, 0.1) is 5.82 Å². The zero-order chi connectivity index (χ0) is 14.5. The van der Waals surface area contributed by atoms with Gasteiger partial charge in [0.15, 0.2) is 0 Å². The van der Waals surface area contributed by atoms with E-state index in [1.165, 1.54) is 25.0 Å². The maximum absolute atomic E-state index is 12.8. The lowest BCUT2D eigenvalue weighted by molar-refractivity contribution is 0.627. The van der Waals surface area contributed by atoms with Gasteiger partial charge in [-0.05, 0) is 43.0 Å². The lowest BCUT2D eigenvalue weighted by Crippen LogP contribution is -2.20. The number of nitrogens with zero attached hydrogens (tertiary/aromatic N) is 3. The normalized spacial score (nSPS) is 14.4. The van der Waals surface area contributed by atoms with Gasteiger partial charge in [-0.25, -0.2) is 9.37 Å². The highest BCUT2D eigenvalue weighted by molar-refractivity contribution is 5.43. The Morgan fingerprint density at radius 1 is 1.10 bits per heavy atom. The van der Waals surface area contributed by atoms with E-state index in [0.717, 1.165) is 37.4 Å². The molecule has 5 heteroatoms. The molecular formula is C16H19FN4. The molecule has 110 valence electrons. The van der Waals surface area contributed by atoms with E-state index in [4.69, 9.17) is 0 Å². The van der Waals surface area contributed by atoms with Crippen molar-refractivity contribution in [2.45, 2.75) is 19.3 Å². The van der Waals surface area contributed by atoms with Gasteiger partial charge in [-0.3, -0.25) is 0 Å². The van der Waals surface area contributed by atoms with Crippen molar-refractivity contribution in [1.29, 1.82) is 0 Å². The highest BCUT2D eigenvalue weighted by atomic mass is 19.1. The second-order valence-corrected chi connectivity index (χ2v) is 5.24. The predicted octanol–water partition coefficient (Wildman–Crippen LogP) is 2.87. The average Bonchev–Trinajstić information content (AvgIpc) is 3.04. The monoisotopic (exact) mass is 286 g/mol. The van der Waals surface area contributed by atoms with Crippen LogP contribution in [0.3, 0.4) is 0 Å². The highest BCUT2D eigenvalue weighted by Crippen LogP contribution is 2.18. The Kier molecular flexibility index (Phi) is 4.28. The third kappa shape index (κ3) is 3.68. The van der Waals surface area contributed by atoms with Crippen molar-refractivity contribution in [2.75, 3.05) is 29.9 Å². The Bertz CT molecular complexity index is 579. The van der Waals surface area contributed by atoms with Crippen molar-refractivity contribution in [3.8, 4) is 0 Å². The quantitative estimate of drug-likeness (QED) is 0.917. The number of nitrogens with one attached hydrogen (secondary N) is 1. The number of halogens is 1. The summed E-state index contributed by atoms with van der Waals surface area (Å²) in [7, 11) is 0. The van der Waals surface area contributed by atoms with Gasteiger partial charge >= 0.3 is 0 Å². The Morgan fingerprint density at radius 2 is 1.86 bits per heavy atom. The third-order valence-corrected chi connectivity index (χ3v) is 3.68. The van der Waals surface area contributed by atoms with E-state index in [1.807, 2.05) is 6.07 Å². The van der Waals surface area contributed by atoms with Crippen LogP contribution in [0.4, 0.5) is 16.2 Å². The van der Waals surface area contributed by atoms with Crippen LogP contribution in [0.2, 0.25) is 0 Å². The number of hydrogen-bond donors (Lipinski definition) is 1. The van der Waals surface area contributed by atoms with Gasteiger partial charge in [0, 0.05) is 25.8 Å². The first-order valence-electron chi connectivity index (χ1n) is 7.37. The van der Waals surface area contributed by atoms with E-state index in [0.29, 0.717) is 5.95 Å². The van der Waals surface area contributed by atoms with E-state index in [2.05, 4.69) is 20.2 Å². The molecule has 0 aliphatic carbocycles. The number of aromatic nitrogens is 2. The molecule has 0 amide bonds. The standard InChI is InChI=1S/C16H19FN4/c17-14-5-3-13(4-6-14)7-9-18-16-19-10-8-15(20-16)21-11-1-2-12-21/h3-6,8,10H,1-2,7,9,11-12H2,(H,18,19,20). The van der Waals surface area contributed by atoms with Crippen LogP contribution < -0.4 is 10.2 Å². The molecule has 3 rings (SSSR count). The summed E-state index contributed by atoms with van der Waals surface area (Å²) in [4.78, 5) is 11.1. The molecule has 0 unspecified atom stereocenters. The van der Waals surface area contributed by atoms with Gasteiger partial charge in [-0.1, -0.05) is 12.1 Å². The van der Waals surface area contributed by atoms with E-state index in [9.17, 15) is 4.39 Å². The van der Waals surface area contributed by atoms with E-state index in [1.54, 1.807) is 18.3 Å². The van der Waals surface area contributed by atoms with Crippen LogP contribution in [0.1, 0.15) is 18.4 Å². The van der Waals surface area contributed by atoms with Crippen LogP contribution in [0.25, 0.3) is 0 Å². The molecule has 1 N–H and O–H groups in total. The SMILES string of the molecule is Fc1ccc(CCNc2nccc(N3CCCC3)n2)cc1. The third-order valence-electron chi connectivity index (χ3n) is 3.68. The number of rotatable bonds is 5. The fourth-order valence-corrected chi connectivity index (χ4v) is 2.53. The summed E-state index contributed by atoms with van der Waals surface area (Å²) in [6.45, 7) is 2.88. The lowest BCUT2D eigenvalue weighted by atomic mass is 10.1. The fraction of sp³-hybridized carbons (Fsp3) is 0.375.